The number of amides is 1. The number of nitrogens with zero attached hydrogens (tertiary/aromatic N) is 3. The molecule has 0 saturated heterocycles. The largest absolute Gasteiger partial charge is 0.491 e. The first-order chi connectivity index (χ1) is 14.5. The number of nitrogens with two attached hydrogens (primary N) is 1. The van der Waals surface area contributed by atoms with Crippen LogP contribution in [0, 0.1) is 12.7 Å². The lowest BCUT2D eigenvalue weighted by atomic mass is 10.1. The lowest BCUT2D eigenvalue weighted by Gasteiger charge is -2.13. The lowest BCUT2D eigenvalue weighted by Crippen LogP contribution is -2.12. The second-order valence-corrected chi connectivity index (χ2v) is 6.80. The Morgan fingerprint density at radius 1 is 1.23 bits per heavy atom. The maximum absolute atomic E-state index is 14.2. The number of benzene rings is 2. The molecule has 0 spiro atoms. The molecule has 7 nitrogen and oxygen atoms in total. The van der Waals surface area contributed by atoms with Crippen molar-refractivity contribution in [3.63, 3.8) is 0 Å². The van der Waals surface area contributed by atoms with Gasteiger partial charge in [-0.3, -0.25) is 9.36 Å². The Kier molecular flexibility index (Phi) is 5.05. The molecule has 0 saturated carbocycles. The average Bonchev–Trinajstić information content (AvgIpc) is 3.07. The lowest BCUT2D eigenvalue weighted by molar-refractivity contribution is 0.100. The number of methoxy groups -OCH3 is 1. The summed E-state index contributed by atoms with van der Waals surface area (Å²) in [6.07, 6.45) is 1.55. The van der Waals surface area contributed by atoms with Crippen LogP contribution in [0.25, 0.3) is 16.9 Å². The summed E-state index contributed by atoms with van der Waals surface area (Å²) >= 11 is 0. The van der Waals surface area contributed by atoms with Crippen molar-refractivity contribution in [2.45, 2.75) is 13.5 Å². The Morgan fingerprint density at radius 2 is 2.00 bits per heavy atom. The molecule has 0 unspecified atom stereocenters. The first-order valence-electron chi connectivity index (χ1n) is 9.28. The van der Waals surface area contributed by atoms with Gasteiger partial charge in [-0.05, 0) is 30.7 Å². The smallest absolute Gasteiger partial charge is 0.249 e. The predicted octanol–water partition coefficient (Wildman–Crippen LogP) is 3.59. The summed E-state index contributed by atoms with van der Waals surface area (Å²) in [4.78, 5) is 20.7. The number of aromatic nitrogens is 3. The van der Waals surface area contributed by atoms with Gasteiger partial charge in [0.25, 0.3) is 0 Å². The minimum Gasteiger partial charge on any atom is -0.491 e. The molecule has 0 atom stereocenters. The number of carbonyl (C=O) groups is 1. The zero-order valence-electron chi connectivity index (χ0n) is 16.5. The van der Waals surface area contributed by atoms with Gasteiger partial charge in [-0.2, -0.15) is 4.98 Å². The topological polar surface area (TPSA) is 95.1 Å². The van der Waals surface area contributed by atoms with E-state index in [1.54, 1.807) is 16.8 Å². The van der Waals surface area contributed by atoms with Crippen LogP contribution in [0.2, 0.25) is 0 Å². The molecule has 8 heteroatoms. The highest BCUT2D eigenvalue weighted by Gasteiger charge is 2.18. The molecule has 0 radical (unpaired) electrons. The van der Waals surface area contributed by atoms with E-state index >= 15 is 0 Å². The van der Waals surface area contributed by atoms with Gasteiger partial charge in [-0.15, -0.1) is 0 Å². The van der Waals surface area contributed by atoms with Crippen LogP contribution in [0.3, 0.4) is 0 Å². The molecule has 1 amide bonds. The minimum absolute atomic E-state index is 0.114. The van der Waals surface area contributed by atoms with Crippen molar-refractivity contribution in [2.75, 3.05) is 12.4 Å². The molecule has 0 bridgehead atoms. The maximum atomic E-state index is 14.2. The summed E-state index contributed by atoms with van der Waals surface area (Å²) in [7, 11) is 1.54. The summed E-state index contributed by atoms with van der Waals surface area (Å²) in [5, 5.41) is 3.80. The summed E-state index contributed by atoms with van der Waals surface area (Å²) in [6, 6.07) is 14.1. The average molecular weight is 405 g/mol. The predicted molar refractivity (Wildman–Crippen MR) is 112 cm³/mol. The second-order valence-electron chi connectivity index (χ2n) is 6.80. The van der Waals surface area contributed by atoms with Crippen molar-refractivity contribution in [3.8, 4) is 11.7 Å². The molecule has 2 aromatic heterocycles. The second kappa shape index (κ2) is 7.82. The van der Waals surface area contributed by atoms with Crippen LogP contribution in [0.1, 0.15) is 21.6 Å². The van der Waals surface area contributed by atoms with Gasteiger partial charge < -0.3 is 15.8 Å². The molecule has 0 aliphatic carbocycles. The monoisotopic (exact) mass is 405 g/mol. The fraction of sp³-hybridized carbons (Fsp3) is 0.136. The minimum atomic E-state index is -0.697. The van der Waals surface area contributed by atoms with Crippen LogP contribution in [0.4, 0.5) is 10.2 Å². The van der Waals surface area contributed by atoms with Crippen molar-refractivity contribution in [3.05, 3.63) is 77.4 Å². The quantitative estimate of drug-likeness (QED) is 0.511. The van der Waals surface area contributed by atoms with Crippen LogP contribution in [-0.4, -0.2) is 27.6 Å². The number of anilines is 1. The maximum Gasteiger partial charge on any atom is 0.249 e. The fourth-order valence-electron chi connectivity index (χ4n) is 3.40. The fourth-order valence-corrected chi connectivity index (χ4v) is 3.40. The van der Waals surface area contributed by atoms with E-state index in [0.29, 0.717) is 35.0 Å². The van der Waals surface area contributed by atoms with E-state index in [4.69, 9.17) is 10.5 Å². The van der Waals surface area contributed by atoms with E-state index in [2.05, 4.69) is 15.3 Å². The van der Waals surface area contributed by atoms with Gasteiger partial charge in [0.05, 0.1) is 24.4 Å². The molecule has 0 aliphatic heterocycles. The summed E-state index contributed by atoms with van der Waals surface area (Å²) in [5.74, 6) is 0.0379. The van der Waals surface area contributed by atoms with Crippen LogP contribution in [0.15, 0.2) is 54.7 Å². The van der Waals surface area contributed by atoms with Crippen molar-refractivity contribution >= 4 is 22.6 Å². The number of aryl methyl sites for hydroxylation is 1. The highest BCUT2D eigenvalue weighted by atomic mass is 19.1. The SMILES string of the molecule is COc1cnc(-n2c(C)cc3c(C(N)=O)cc(F)cc32)nc1NCc1ccccc1. The van der Waals surface area contributed by atoms with Crippen LogP contribution in [0.5, 0.6) is 5.75 Å². The van der Waals surface area contributed by atoms with Gasteiger partial charge in [0.2, 0.25) is 11.9 Å². The third-order valence-corrected chi connectivity index (χ3v) is 4.80. The van der Waals surface area contributed by atoms with Crippen LogP contribution in [-0.2, 0) is 6.54 Å². The van der Waals surface area contributed by atoms with Crippen molar-refractivity contribution in [1.29, 1.82) is 0 Å². The molecule has 4 rings (SSSR count). The summed E-state index contributed by atoms with van der Waals surface area (Å²) in [6.45, 7) is 2.37. The van der Waals surface area contributed by atoms with Crippen LogP contribution >= 0.6 is 0 Å². The molecule has 2 aromatic carbocycles. The van der Waals surface area contributed by atoms with E-state index in [1.807, 2.05) is 37.3 Å². The molecule has 2 heterocycles. The third-order valence-electron chi connectivity index (χ3n) is 4.80. The Balaban J connectivity index is 1.80. The van der Waals surface area contributed by atoms with Crippen molar-refractivity contribution in [2.24, 2.45) is 5.73 Å². The Morgan fingerprint density at radius 3 is 2.70 bits per heavy atom. The van der Waals surface area contributed by atoms with E-state index in [0.717, 1.165) is 17.3 Å². The zero-order valence-corrected chi connectivity index (χ0v) is 16.5. The molecular formula is C22H20FN5O2. The number of fused-ring (bicyclic) bond motifs is 1. The number of hydrogen-bond donors (Lipinski definition) is 2. The first kappa shape index (κ1) is 19.4. The van der Waals surface area contributed by atoms with Crippen molar-refractivity contribution < 1.29 is 13.9 Å². The normalized spacial score (nSPS) is 10.9. The molecule has 152 valence electrons. The first-order valence-corrected chi connectivity index (χ1v) is 9.28. The number of rotatable bonds is 6. The number of hydrogen-bond acceptors (Lipinski definition) is 5. The summed E-state index contributed by atoms with van der Waals surface area (Å²) < 4.78 is 21.2. The van der Waals surface area contributed by atoms with E-state index in [1.165, 1.54) is 13.2 Å². The molecule has 30 heavy (non-hydrogen) atoms. The molecule has 4 aromatic rings. The van der Waals surface area contributed by atoms with Gasteiger partial charge in [0.15, 0.2) is 11.6 Å². The van der Waals surface area contributed by atoms with Gasteiger partial charge in [-0.1, -0.05) is 30.3 Å². The highest BCUT2D eigenvalue weighted by Crippen LogP contribution is 2.29. The standard InChI is InChI=1S/C22H20FN5O2/c1-13-8-16-17(20(24)29)9-15(23)10-18(16)28(13)22-26-12-19(30-2)21(27-22)25-11-14-6-4-3-5-7-14/h3-10,12H,11H2,1-2H3,(H2,24,29)(H,25,26,27). The van der Waals surface area contributed by atoms with Crippen LogP contribution < -0.4 is 15.8 Å². The number of ether oxygens (including phenoxy) is 1. The Hall–Kier alpha value is -3.94. The van der Waals surface area contributed by atoms with E-state index in [9.17, 15) is 9.18 Å². The number of carbonyl (C=O) groups excluding carboxylic acids is 1. The van der Waals surface area contributed by atoms with Gasteiger partial charge in [0.1, 0.15) is 5.82 Å². The van der Waals surface area contributed by atoms with Gasteiger partial charge >= 0.3 is 0 Å². The Bertz CT molecular complexity index is 1240. The molecule has 0 fully saturated rings. The molecule has 0 aliphatic rings. The summed E-state index contributed by atoms with van der Waals surface area (Å²) in [5.41, 5.74) is 7.82. The number of halogens is 1. The number of nitrogens with one attached hydrogen (secondary N) is 1. The number of primary amides is 1. The van der Waals surface area contributed by atoms with Crippen molar-refractivity contribution in [1.82, 2.24) is 14.5 Å². The van der Waals surface area contributed by atoms with Gasteiger partial charge in [-0.25, -0.2) is 9.37 Å². The Labute approximate surface area is 172 Å². The molecule has 3 N–H and O–H groups in total. The molecular weight excluding hydrogens is 385 g/mol. The van der Waals surface area contributed by atoms with E-state index < -0.39 is 11.7 Å². The third kappa shape index (κ3) is 3.55. The van der Waals surface area contributed by atoms with E-state index in [-0.39, 0.29) is 5.56 Å². The highest BCUT2D eigenvalue weighted by molar-refractivity contribution is 6.06. The van der Waals surface area contributed by atoms with Gasteiger partial charge in [0, 0.05) is 17.6 Å². The zero-order chi connectivity index (χ0) is 21.3.